The van der Waals surface area contributed by atoms with Crippen molar-refractivity contribution in [2.45, 2.75) is 52.6 Å². The molecule has 5 heteroatoms. The first kappa shape index (κ1) is 21.5. The van der Waals surface area contributed by atoms with Crippen molar-refractivity contribution in [2.24, 2.45) is 0 Å². The quantitative estimate of drug-likeness (QED) is 0.658. The Bertz CT molecular complexity index is 804. The molecule has 0 saturated carbocycles. The largest absolute Gasteiger partial charge is 0.481 e. The lowest BCUT2D eigenvalue weighted by Gasteiger charge is -2.20. The lowest BCUT2D eigenvalue weighted by Crippen LogP contribution is -2.32. The Morgan fingerprint density at radius 3 is 2.39 bits per heavy atom. The average Bonchev–Trinajstić information content (AvgIpc) is 2.72. The highest BCUT2D eigenvalue weighted by Crippen LogP contribution is 2.29. The zero-order chi connectivity index (χ0) is 20.5. The minimum Gasteiger partial charge on any atom is -0.481 e. The van der Waals surface area contributed by atoms with E-state index < -0.39 is 6.10 Å². The fourth-order valence-electron chi connectivity index (χ4n) is 2.82. The van der Waals surface area contributed by atoms with E-state index in [0.29, 0.717) is 29.5 Å². The molecule has 0 bridgehead atoms. The minimum absolute atomic E-state index is 0.201. The van der Waals surface area contributed by atoms with Crippen molar-refractivity contribution in [3.05, 3.63) is 59.7 Å². The highest BCUT2D eigenvalue weighted by molar-refractivity contribution is 6.04. The molecule has 0 spiro atoms. The fourth-order valence-corrected chi connectivity index (χ4v) is 2.82. The summed E-state index contributed by atoms with van der Waals surface area (Å²) in [6, 6.07) is 14.8. The van der Waals surface area contributed by atoms with Gasteiger partial charge >= 0.3 is 0 Å². The number of carbonyl (C=O) groups is 2. The van der Waals surface area contributed by atoms with Gasteiger partial charge in [0.25, 0.3) is 11.8 Å². The van der Waals surface area contributed by atoms with Crippen LogP contribution in [0.3, 0.4) is 0 Å². The van der Waals surface area contributed by atoms with Crippen LogP contribution in [0.4, 0.5) is 5.69 Å². The molecular formula is C23H30N2O3. The Morgan fingerprint density at radius 1 is 1.00 bits per heavy atom. The topological polar surface area (TPSA) is 67.4 Å². The summed E-state index contributed by atoms with van der Waals surface area (Å²) in [7, 11) is 0. The lowest BCUT2D eigenvalue weighted by atomic mass is 9.98. The van der Waals surface area contributed by atoms with Gasteiger partial charge in [-0.2, -0.15) is 0 Å². The van der Waals surface area contributed by atoms with E-state index in [-0.39, 0.29) is 11.8 Å². The number of nitrogens with one attached hydrogen (secondary N) is 2. The van der Waals surface area contributed by atoms with Crippen molar-refractivity contribution < 1.29 is 14.3 Å². The molecule has 2 unspecified atom stereocenters. The van der Waals surface area contributed by atoms with Crippen molar-refractivity contribution in [3.8, 4) is 5.75 Å². The number of para-hydroxylation sites is 2. The van der Waals surface area contributed by atoms with Gasteiger partial charge in [-0.05, 0) is 49.4 Å². The van der Waals surface area contributed by atoms with Crippen molar-refractivity contribution in [1.82, 2.24) is 5.32 Å². The summed E-state index contributed by atoms with van der Waals surface area (Å²) in [6.45, 7) is 8.55. The molecule has 2 N–H and O–H groups in total. The highest BCUT2D eigenvalue weighted by Gasteiger charge is 2.20. The van der Waals surface area contributed by atoms with Gasteiger partial charge in [-0.1, -0.05) is 51.1 Å². The molecule has 150 valence electrons. The molecule has 2 aromatic rings. The molecule has 2 amide bonds. The second kappa shape index (κ2) is 10.5. The number of amides is 2. The Balaban J connectivity index is 2.11. The van der Waals surface area contributed by atoms with Gasteiger partial charge in [-0.15, -0.1) is 0 Å². The number of carbonyl (C=O) groups excluding carboxylic acids is 2. The average molecular weight is 383 g/mol. The third-order valence-corrected chi connectivity index (χ3v) is 4.70. The highest BCUT2D eigenvalue weighted by atomic mass is 16.5. The van der Waals surface area contributed by atoms with Gasteiger partial charge in [0.05, 0.1) is 11.3 Å². The van der Waals surface area contributed by atoms with E-state index in [4.69, 9.17) is 4.74 Å². The summed E-state index contributed by atoms with van der Waals surface area (Å²) in [5, 5.41) is 5.66. The van der Waals surface area contributed by atoms with Crippen molar-refractivity contribution >= 4 is 17.5 Å². The SMILES string of the molecule is CCCNC(=O)c1ccccc1NC(=O)C(C)Oc1ccccc1C(C)CC. The fraction of sp³-hybridized carbons (Fsp3) is 0.391. The lowest BCUT2D eigenvalue weighted by molar-refractivity contribution is -0.122. The third-order valence-electron chi connectivity index (χ3n) is 4.70. The maximum absolute atomic E-state index is 12.7. The van der Waals surface area contributed by atoms with Crippen molar-refractivity contribution in [1.29, 1.82) is 0 Å². The van der Waals surface area contributed by atoms with Gasteiger partial charge in [-0.3, -0.25) is 9.59 Å². The summed E-state index contributed by atoms with van der Waals surface area (Å²) in [5.41, 5.74) is 2.01. The molecule has 0 heterocycles. The molecule has 2 atom stereocenters. The molecule has 0 saturated heterocycles. The van der Waals surface area contributed by atoms with Crippen molar-refractivity contribution in [3.63, 3.8) is 0 Å². The standard InChI is InChI=1S/C23H30N2O3/c1-5-15-24-23(27)19-12-7-9-13-20(19)25-22(26)17(4)28-21-14-10-8-11-18(21)16(3)6-2/h7-14,16-17H,5-6,15H2,1-4H3,(H,24,27)(H,25,26). The van der Waals surface area contributed by atoms with E-state index in [2.05, 4.69) is 24.5 Å². The van der Waals surface area contributed by atoms with Crippen LogP contribution in [0, 0.1) is 0 Å². The second-order valence-corrected chi connectivity index (χ2v) is 6.90. The van der Waals surface area contributed by atoms with Gasteiger partial charge < -0.3 is 15.4 Å². The first-order valence-corrected chi connectivity index (χ1v) is 9.91. The Morgan fingerprint density at radius 2 is 1.68 bits per heavy atom. The zero-order valence-corrected chi connectivity index (χ0v) is 17.1. The summed E-state index contributed by atoms with van der Waals surface area (Å²) in [6.07, 6.45) is 1.14. The predicted molar refractivity (Wildman–Crippen MR) is 113 cm³/mol. The predicted octanol–water partition coefficient (Wildman–Crippen LogP) is 4.75. The smallest absolute Gasteiger partial charge is 0.265 e. The molecule has 0 aromatic heterocycles. The van der Waals surface area contributed by atoms with E-state index in [0.717, 1.165) is 18.4 Å². The van der Waals surface area contributed by atoms with Gasteiger partial charge in [0.2, 0.25) is 0 Å². The summed E-state index contributed by atoms with van der Waals surface area (Å²) in [4.78, 5) is 25.0. The van der Waals surface area contributed by atoms with Crippen LogP contribution >= 0.6 is 0 Å². The molecule has 0 aliphatic heterocycles. The molecule has 0 aliphatic carbocycles. The molecular weight excluding hydrogens is 352 g/mol. The first-order valence-electron chi connectivity index (χ1n) is 9.91. The number of rotatable bonds is 9. The van der Waals surface area contributed by atoms with E-state index in [1.54, 1.807) is 31.2 Å². The molecule has 0 fully saturated rings. The van der Waals surface area contributed by atoms with Gasteiger partial charge in [0, 0.05) is 6.54 Å². The van der Waals surface area contributed by atoms with Crippen LogP contribution in [0.1, 0.15) is 62.4 Å². The van der Waals surface area contributed by atoms with Crippen LogP contribution in [0.2, 0.25) is 0 Å². The van der Waals surface area contributed by atoms with Crippen LogP contribution in [-0.2, 0) is 4.79 Å². The molecule has 5 nitrogen and oxygen atoms in total. The molecule has 2 aromatic carbocycles. The molecule has 0 aliphatic rings. The summed E-state index contributed by atoms with van der Waals surface area (Å²) < 4.78 is 5.96. The van der Waals surface area contributed by atoms with E-state index in [1.807, 2.05) is 31.2 Å². The summed E-state index contributed by atoms with van der Waals surface area (Å²) in [5.74, 6) is 0.561. The molecule has 0 radical (unpaired) electrons. The van der Waals surface area contributed by atoms with E-state index in [1.165, 1.54) is 0 Å². The zero-order valence-electron chi connectivity index (χ0n) is 17.1. The van der Waals surface area contributed by atoms with Crippen LogP contribution < -0.4 is 15.4 Å². The van der Waals surface area contributed by atoms with Gasteiger partial charge in [-0.25, -0.2) is 0 Å². The number of anilines is 1. The Kier molecular flexibility index (Phi) is 8.05. The van der Waals surface area contributed by atoms with Crippen LogP contribution in [0.5, 0.6) is 5.75 Å². The third kappa shape index (κ3) is 5.59. The summed E-state index contributed by atoms with van der Waals surface area (Å²) >= 11 is 0. The van der Waals surface area contributed by atoms with Crippen LogP contribution in [0.25, 0.3) is 0 Å². The first-order chi connectivity index (χ1) is 13.5. The van der Waals surface area contributed by atoms with E-state index >= 15 is 0 Å². The molecule has 2 rings (SSSR count). The number of ether oxygens (including phenoxy) is 1. The van der Waals surface area contributed by atoms with Crippen molar-refractivity contribution in [2.75, 3.05) is 11.9 Å². The molecule has 28 heavy (non-hydrogen) atoms. The van der Waals surface area contributed by atoms with Crippen LogP contribution in [-0.4, -0.2) is 24.5 Å². The maximum Gasteiger partial charge on any atom is 0.265 e. The van der Waals surface area contributed by atoms with Gasteiger partial charge in [0.1, 0.15) is 5.75 Å². The van der Waals surface area contributed by atoms with Gasteiger partial charge in [0.15, 0.2) is 6.10 Å². The Hall–Kier alpha value is -2.82. The Labute approximate surface area is 167 Å². The monoisotopic (exact) mass is 382 g/mol. The second-order valence-electron chi connectivity index (χ2n) is 6.90. The number of hydrogen-bond donors (Lipinski definition) is 2. The van der Waals surface area contributed by atoms with E-state index in [9.17, 15) is 9.59 Å². The maximum atomic E-state index is 12.7. The minimum atomic E-state index is -0.697. The normalized spacial score (nSPS) is 12.7. The van der Waals surface area contributed by atoms with Crippen LogP contribution in [0.15, 0.2) is 48.5 Å². The number of benzene rings is 2. The number of hydrogen-bond acceptors (Lipinski definition) is 3.